The lowest BCUT2D eigenvalue weighted by Gasteiger charge is -2.07. The van der Waals surface area contributed by atoms with Crippen LogP contribution in [0, 0.1) is 17.5 Å². The van der Waals surface area contributed by atoms with Gasteiger partial charge in [-0.05, 0) is 23.3 Å². The number of hydrogen-bond acceptors (Lipinski definition) is 2. The molecule has 110 valence electrons. The fourth-order valence-electron chi connectivity index (χ4n) is 1.88. The van der Waals surface area contributed by atoms with Gasteiger partial charge in [0.25, 0.3) is 0 Å². The second kappa shape index (κ2) is 6.41. The van der Waals surface area contributed by atoms with Crippen molar-refractivity contribution in [3.05, 3.63) is 59.4 Å². The number of carbonyl (C=O) groups is 1. The van der Waals surface area contributed by atoms with Crippen LogP contribution in [0.3, 0.4) is 0 Å². The van der Waals surface area contributed by atoms with Crippen molar-refractivity contribution in [1.29, 1.82) is 0 Å². The Morgan fingerprint density at radius 3 is 2.29 bits per heavy atom. The van der Waals surface area contributed by atoms with Crippen molar-refractivity contribution in [3.63, 3.8) is 0 Å². The van der Waals surface area contributed by atoms with Crippen LogP contribution >= 0.6 is 0 Å². The first kappa shape index (κ1) is 15.1. The van der Waals surface area contributed by atoms with Gasteiger partial charge in [-0.1, -0.05) is 24.3 Å². The van der Waals surface area contributed by atoms with Gasteiger partial charge in [0.15, 0.2) is 17.5 Å². The molecule has 21 heavy (non-hydrogen) atoms. The van der Waals surface area contributed by atoms with Crippen molar-refractivity contribution >= 4 is 5.91 Å². The number of benzene rings is 2. The van der Waals surface area contributed by atoms with Crippen LogP contribution in [0.5, 0.6) is 0 Å². The molecule has 2 rings (SSSR count). The molecule has 0 fully saturated rings. The smallest absolute Gasteiger partial charge is 0.231 e. The van der Waals surface area contributed by atoms with Crippen molar-refractivity contribution in [2.45, 2.75) is 6.54 Å². The molecule has 0 saturated carbocycles. The molecule has 0 aliphatic rings. The third-order valence-electron chi connectivity index (χ3n) is 2.93. The zero-order valence-corrected chi connectivity index (χ0v) is 11.0. The fraction of sp³-hybridized carbons (Fsp3) is 0.133. The number of nitrogens with one attached hydrogen (secondary N) is 1. The SMILES string of the molecule is NC(=O)CNCc1ccc(-c2ccc(F)c(F)c2F)cc1. The lowest BCUT2D eigenvalue weighted by atomic mass is 10.0. The quantitative estimate of drug-likeness (QED) is 0.832. The predicted octanol–water partition coefficient (Wildman–Crippen LogP) is 2.35. The highest BCUT2D eigenvalue weighted by molar-refractivity contribution is 5.75. The van der Waals surface area contributed by atoms with E-state index in [2.05, 4.69) is 5.32 Å². The molecule has 3 nitrogen and oxygen atoms in total. The highest BCUT2D eigenvalue weighted by Crippen LogP contribution is 2.26. The van der Waals surface area contributed by atoms with Crippen LogP contribution in [0.15, 0.2) is 36.4 Å². The normalized spacial score (nSPS) is 10.6. The molecular weight excluding hydrogens is 281 g/mol. The van der Waals surface area contributed by atoms with Gasteiger partial charge in [-0.3, -0.25) is 4.79 Å². The summed E-state index contributed by atoms with van der Waals surface area (Å²) in [5.41, 5.74) is 6.27. The average molecular weight is 294 g/mol. The molecule has 1 amide bonds. The maximum absolute atomic E-state index is 13.7. The van der Waals surface area contributed by atoms with Gasteiger partial charge < -0.3 is 11.1 Å². The van der Waals surface area contributed by atoms with Crippen LogP contribution in [-0.2, 0) is 11.3 Å². The highest BCUT2D eigenvalue weighted by atomic mass is 19.2. The van der Waals surface area contributed by atoms with Crippen molar-refractivity contribution < 1.29 is 18.0 Å². The minimum atomic E-state index is -1.49. The Morgan fingerprint density at radius 2 is 1.67 bits per heavy atom. The summed E-state index contributed by atoms with van der Waals surface area (Å²) in [5.74, 6) is -4.38. The van der Waals surface area contributed by atoms with Crippen LogP contribution in [0.2, 0.25) is 0 Å². The molecule has 0 atom stereocenters. The van der Waals surface area contributed by atoms with E-state index in [1.807, 2.05) is 0 Å². The first-order chi connectivity index (χ1) is 9.99. The molecule has 0 aliphatic carbocycles. The van der Waals surface area contributed by atoms with Crippen LogP contribution in [-0.4, -0.2) is 12.5 Å². The van der Waals surface area contributed by atoms with Gasteiger partial charge in [0, 0.05) is 12.1 Å². The molecule has 0 saturated heterocycles. The van der Waals surface area contributed by atoms with E-state index >= 15 is 0 Å². The Bertz CT molecular complexity index is 657. The van der Waals surface area contributed by atoms with Gasteiger partial charge in [-0.2, -0.15) is 0 Å². The van der Waals surface area contributed by atoms with E-state index < -0.39 is 23.4 Å². The molecule has 6 heteroatoms. The minimum absolute atomic E-state index is 0.00875. The second-order valence-corrected chi connectivity index (χ2v) is 4.49. The Kier molecular flexibility index (Phi) is 4.59. The molecule has 2 aromatic rings. The minimum Gasteiger partial charge on any atom is -0.369 e. The Labute approximate surface area is 119 Å². The Hall–Kier alpha value is -2.34. The van der Waals surface area contributed by atoms with E-state index in [-0.39, 0.29) is 12.1 Å². The van der Waals surface area contributed by atoms with Crippen molar-refractivity contribution in [2.75, 3.05) is 6.54 Å². The number of nitrogens with two attached hydrogens (primary N) is 1. The summed E-state index contributed by atoms with van der Waals surface area (Å²) in [5, 5.41) is 2.83. The second-order valence-electron chi connectivity index (χ2n) is 4.49. The fourth-order valence-corrected chi connectivity index (χ4v) is 1.88. The van der Waals surface area contributed by atoms with E-state index in [0.717, 1.165) is 11.6 Å². The summed E-state index contributed by atoms with van der Waals surface area (Å²) in [6.07, 6.45) is 0. The monoisotopic (exact) mass is 294 g/mol. The number of rotatable bonds is 5. The lowest BCUT2D eigenvalue weighted by Crippen LogP contribution is -2.28. The maximum atomic E-state index is 13.7. The number of halogens is 3. The molecule has 0 heterocycles. The van der Waals surface area contributed by atoms with Gasteiger partial charge in [0.1, 0.15) is 0 Å². The number of carbonyl (C=O) groups excluding carboxylic acids is 1. The van der Waals surface area contributed by atoms with E-state index in [1.54, 1.807) is 24.3 Å². The summed E-state index contributed by atoms with van der Waals surface area (Å²) in [6, 6.07) is 8.66. The summed E-state index contributed by atoms with van der Waals surface area (Å²) in [6.45, 7) is 0.475. The third kappa shape index (κ3) is 3.61. The summed E-state index contributed by atoms with van der Waals surface area (Å²) in [4.78, 5) is 10.6. The van der Waals surface area contributed by atoms with Crippen LogP contribution < -0.4 is 11.1 Å². The zero-order chi connectivity index (χ0) is 15.4. The first-order valence-corrected chi connectivity index (χ1v) is 6.21. The topological polar surface area (TPSA) is 55.1 Å². The molecule has 0 aromatic heterocycles. The zero-order valence-electron chi connectivity index (χ0n) is 11.0. The standard InChI is InChI=1S/C15H13F3N2O/c16-12-6-5-11(14(17)15(12)18)10-3-1-9(2-4-10)7-20-8-13(19)21/h1-6,20H,7-8H2,(H2,19,21). The molecule has 0 aliphatic heterocycles. The lowest BCUT2D eigenvalue weighted by molar-refractivity contribution is -0.117. The maximum Gasteiger partial charge on any atom is 0.231 e. The van der Waals surface area contributed by atoms with E-state index in [4.69, 9.17) is 5.73 Å². The predicted molar refractivity (Wildman–Crippen MR) is 72.7 cm³/mol. The van der Waals surface area contributed by atoms with Gasteiger partial charge in [-0.25, -0.2) is 13.2 Å². The molecular formula is C15H13F3N2O. The van der Waals surface area contributed by atoms with Gasteiger partial charge in [-0.15, -0.1) is 0 Å². The summed E-state index contributed by atoms with van der Waals surface area (Å²) >= 11 is 0. The molecule has 0 spiro atoms. The average Bonchev–Trinajstić information content (AvgIpc) is 2.46. The van der Waals surface area contributed by atoms with Crippen LogP contribution in [0.1, 0.15) is 5.56 Å². The highest BCUT2D eigenvalue weighted by Gasteiger charge is 2.14. The Balaban J connectivity index is 2.16. The number of primary amides is 1. The first-order valence-electron chi connectivity index (χ1n) is 6.21. The van der Waals surface area contributed by atoms with Gasteiger partial charge in [0.05, 0.1) is 6.54 Å². The number of hydrogen-bond donors (Lipinski definition) is 2. The molecule has 0 bridgehead atoms. The van der Waals surface area contributed by atoms with E-state index in [0.29, 0.717) is 12.1 Å². The summed E-state index contributed by atoms with van der Waals surface area (Å²) in [7, 11) is 0. The molecule has 2 aromatic carbocycles. The van der Waals surface area contributed by atoms with E-state index in [9.17, 15) is 18.0 Å². The van der Waals surface area contributed by atoms with E-state index in [1.165, 1.54) is 6.07 Å². The third-order valence-corrected chi connectivity index (χ3v) is 2.93. The van der Waals surface area contributed by atoms with Crippen molar-refractivity contribution in [3.8, 4) is 11.1 Å². The van der Waals surface area contributed by atoms with Crippen molar-refractivity contribution in [2.24, 2.45) is 5.73 Å². The molecule has 0 unspecified atom stereocenters. The Morgan fingerprint density at radius 1 is 1.00 bits per heavy atom. The van der Waals surface area contributed by atoms with Gasteiger partial charge >= 0.3 is 0 Å². The number of amides is 1. The van der Waals surface area contributed by atoms with Crippen LogP contribution in [0.4, 0.5) is 13.2 Å². The molecule has 0 radical (unpaired) electrons. The largest absolute Gasteiger partial charge is 0.369 e. The summed E-state index contributed by atoms with van der Waals surface area (Å²) < 4.78 is 39.7. The van der Waals surface area contributed by atoms with Gasteiger partial charge in [0.2, 0.25) is 5.91 Å². The van der Waals surface area contributed by atoms with Crippen molar-refractivity contribution in [1.82, 2.24) is 5.32 Å². The van der Waals surface area contributed by atoms with Crippen LogP contribution in [0.25, 0.3) is 11.1 Å². The molecule has 3 N–H and O–H groups in total.